The minimum atomic E-state index is -0.862. The second-order valence-corrected chi connectivity index (χ2v) is 7.21. The fourth-order valence-corrected chi connectivity index (χ4v) is 4.44. The van der Waals surface area contributed by atoms with E-state index in [0.717, 1.165) is 11.3 Å². The second kappa shape index (κ2) is 6.59. The largest absolute Gasteiger partial charge is 0.377 e. The lowest BCUT2D eigenvalue weighted by atomic mass is 10.2. The summed E-state index contributed by atoms with van der Waals surface area (Å²) in [4.78, 5) is 12.6. The Morgan fingerprint density at radius 1 is 1.61 bits per heavy atom. The van der Waals surface area contributed by atoms with Crippen LogP contribution in [0.3, 0.4) is 0 Å². The van der Waals surface area contributed by atoms with Gasteiger partial charge in [-0.1, -0.05) is 6.07 Å². The maximum atomic E-state index is 12.0. The number of thiophene rings is 1. The third-order valence-electron chi connectivity index (χ3n) is 3.19. The number of Topliss-reactive ketones (excluding diaryl/α,β-unsaturated/α-hetero) is 1. The van der Waals surface area contributed by atoms with Crippen LogP contribution in [0.25, 0.3) is 0 Å². The van der Waals surface area contributed by atoms with Crippen molar-refractivity contribution in [3.8, 4) is 0 Å². The molecular formula is C13H18O3S2. The monoisotopic (exact) mass is 286 g/mol. The predicted molar refractivity (Wildman–Crippen MR) is 74.7 cm³/mol. The Kier molecular flexibility index (Phi) is 5.09. The molecule has 2 rings (SSSR count). The van der Waals surface area contributed by atoms with Gasteiger partial charge in [-0.3, -0.25) is 9.00 Å². The zero-order valence-electron chi connectivity index (χ0n) is 10.5. The van der Waals surface area contributed by atoms with E-state index in [0.29, 0.717) is 25.2 Å². The number of carbonyl (C=O) groups is 1. The van der Waals surface area contributed by atoms with Crippen LogP contribution in [-0.2, 0) is 15.5 Å². The molecule has 1 aromatic heterocycles. The quantitative estimate of drug-likeness (QED) is 0.755. The van der Waals surface area contributed by atoms with Gasteiger partial charge in [-0.2, -0.15) is 0 Å². The van der Waals surface area contributed by atoms with Gasteiger partial charge < -0.3 is 4.74 Å². The average molecular weight is 286 g/mol. The standard InChI is InChI=1S/C13H18O3S2/c1-10-13(6-7-16-10)18(15)9-3-4-11(14)12-5-2-8-17-12/h2,5,8,10,13H,3-4,6-7,9H2,1H3. The number of hydrogen-bond donors (Lipinski definition) is 0. The fraction of sp³-hybridized carbons (Fsp3) is 0.615. The van der Waals surface area contributed by atoms with Crippen LogP contribution in [0.1, 0.15) is 35.9 Å². The van der Waals surface area contributed by atoms with Gasteiger partial charge in [0.1, 0.15) is 0 Å². The van der Waals surface area contributed by atoms with E-state index in [1.165, 1.54) is 11.3 Å². The van der Waals surface area contributed by atoms with Gasteiger partial charge in [-0.05, 0) is 31.2 Å². The molecule has 2 heterocycles. The highest BCUT2D eigenvalue weighted by atomic mass is 32.2. The van der Waals surface area contributed by atoms with E-state index < -0.39 is 10.8 Å². The first-order chi connectivity index (χ1) is 8.68. The van der Waals surface area contributed by atoms with E-state index in [-0.39, 0.29) is 17.1 Å². The van der Waals surface area contributed by atoms with Gasteiger partial charge >= 0.3 is 0 Å². The number of ether oxygens (including phenoxy) is 1. The third-order valence-corrected chi connectivity index (χ3v) is 6.09. The Bertz CT molecular complexity index is 414. The van der Waals surface area contributed by atoms with Crippen molar-refractivity contribution in [3.63, 3.8) is 0 Å². The first-order valence-corrected chi connectivity index (χ1v) is 8.50. The molecule has 0 radical (unpaired) electrons. The highest BCUT2D eigenvalue weighted by molar-refractivity contribution is 7.85. The molecule has 1 aliphatic rings. The van der Waals surface area contributed by atoms with Crippen LogP contribution in [-0.4, -0.2) is 33.7 Å². The topological polar surface area (TPSA) is 43.4 Å². The minimum absolute atomic E-state index is 0.0961. The lowest BCUT2D eigenvalue weighted by molar-refractivity contribution is 0.0986. The molecule has 3 nitrogen and oxygen atoms in total. The van der Waals surface area contributed by atoms with Crippen LogP contribution in [0, 0.1) is 0 Å². The Balaban J connectivity index is 1.72. The normalized spacial score (nSPS) is 25.2. The molecule has 18 heavy (non-hydrogen) atoms. The van der Waals surface area contributed by atoms with Gasteiger partial charge in [0.05, 0.1) is 16.2 Å². The molecule has 1 aromatic rings. The molecule has 0 N–H and O–H groups in total. The zero-order chi connectivity index (χ0) is 13.0. The summed E-state index contributed by atoms with van der Waals surface area (Å²) in [6, 6.07) is 3.73. The van der Waals surface area contributed by atoms with E-state index in [1.54, 1.807) is 0 Å². The Morgan fingerprint density at radius 3 is 3.06 bits per heavy atom. The van der Waals surface area contributed by atoms with E-state index >= 15 is 0 Å². The van der Waals surface area contributed by atoms with Gasteiger partial charge in [0, 0.05) is 29.6 Å². The van der Waals surface area contributed by atoms with Crippen molar-refractivity contribution >= 4 is 27.9 Å². The predicted octanol–water partition coefficient (Wildman–Crippen LogP) is 2.64. The molecule has 0 spiro atoms. The van der Waals surface area contributed by atoms with Crippen molar-refractivity contribution in [2.45, 2.75) is 37.5 Å². The smallest absolute Gasteiger partial charge is 0.172 e. The van der Waals surface area contributed by atoms with Crippen LogP contribution in [0.4, 0.5) is 0 Å². The minimum Gasteiger partial charge on any atom is -0.377 e. The Hall–Kier alpha value is -0.520. The van der Waals surface area contributed by atoms with Crippen LogP contribution < -0.4 is 0 Å². The van der Waals surface area contributed by atoms with Crippen LogP contribution in [0.2, 0.25) is 0 Å². The average Bonchev–Trinajstić information content (AvgIpc) is 2.99. The molecule has 0 aromatic carbocycles. The summed E-state index contributed by atoms with van der Waals surface area (Å²) in [6.45, 7) is 2.69. The Morgan fingerprint density at radius 2 is 2.44 bits per heavy atom. The second-order valence-electron chi connectivity index (χ2n) is 4.49. The molecule has 1 fully saturated rings. The summed E-state index contributed by atoms with van der Waals surface area (Å²) in [7, 11) is -0.862. The highest BCUT2D eigenvalue weighted by Crippen LogP contribution is 2.20. The molecule has 0 amide bonds. The maximum absolute atomic E-state index is 12.0. The van der Waals surface area contributed by atoms with E-state index in [9.17, 15) is 9.00 Å². The molecule has 3 atom stereocenters. The van der Waals surface area contributed by atoms with Gasteiger partial charge in [0.2, 0.25) is 0 Å². The molecule has 3 unspecified atom stereocenters. The highest BCUT2D eigenvalue weighted by Gasteiger charge is 2.29. The van der Waals surface area contributed by atoms with E-state index in [2.05, 4.69) is 0 Å². The van der Waals surface area contributed by atoms with Crippen molar-refractivity contribution in [2.24, 2.45) is 0 Å². The molecule has 100 valence electrons. The molecule has 1 saturated heterocycles. The number of carbonyl (C=O) groups excluding carboxylic acids is 1. The van der Waals surface area contributed by atoms with Crippen LogP contribution >= 0.6 is 11.3 Å². The summed E-state index contributed by atoms with van der Waals surface area (Å²) >= 11 is 1.47. The zero-order valence-corrected chi connectivity index (χ0v) is 12.1. The summed E-state index contributed by atoms with van der Waals surface area (Å²) in [5.41, 5.74) is 0. The van der Waals surface area contributed by atoms with Gasteiger partial charge in [0.15, 0.2) is 5.78 Å². The molecule has 0 saturated carbocycles. The molecule has 0 bridgehead atoms. The first kappa shape index (κ1) is 13.9. The van der Waals surface area contributed by atoms with Gasteiger partial charge in [-0.15, -0.1) is 11.3 Å². The van der Waals surface area contributed by atoms with Crippen LogP contribution in [0.15, 0.2) is 17.5 Å². The maximum Gasteiger partial charge on any atom is 0.172 e. The molecule has 1 aliphatic heterocycles. The summed E-state index contributed by atoms with van der Waals surface area (Å²) < 4.78 is 17.5. The Labute approximate surface area is 114 Å². The molecule has 0 aliphatic carbocycles. The van der Waals surface area contributed by atoms with Gasteiger partial charge in [-0.25, -0.2) is 0 Å². The SMILES string of the molecule is CC1OCCC1S(=O)CCCC(=O)c1cccs1. The van der Waals surface area contributed by atoms with Crippen LogP contribution in [0.5, 0.6) is 0 Å². The first-order valence-electron chi connectivity index (χ1n) is 6.24. The molecule has 5 heteroatoms. The van der Waals surface area contributed by atoms with E-state index in [4.69, 9.17) is 4.74 Å². The summed E-state index contributed by atoms with van der Waals surface area (Å²) in [5, 5.41) is 2.06. The lowest BCUT2D eigenvalue weighted by Gasteiger charge is -2.13. The van der Waals surface area contributed by atoms with Crippen molar-refractivity contribution < 1.29 is 13.7 Å². The van der Waals surface area contributed by atoms with Crippen molar-refractivity contribution in [2.75, 3.05) is 12.4 Å². The van der Waals surface area contributed by atoms with E-state index in [1.807, 2.05) is 24.4 Å². The number of rotatable bonds is 6. The summed E-state index contributed by atoms with van der Waals surface area (Å²) in [5.74, 6) is 0.771. The fourth-order valence-electron chi connectivity index (χ4n) is 2.14. The lowest BCUT2D eigenvalue weighted by Crippen LogP contribution is -2.25. The van der Waals surface area contributed by atoms with Crippen molar-refractivity contribution in [1.29, 1.82) is 0 Å². The number of hydrogen-bond acceptors (Lipinski definition) is 4. The molecular weight excluding hydrogens is 268 g/mol. The van der Waals surface area contributed by atoms with Crippen molar-refractivity contribution in [3.05, 3.63) is 22.4 Å². The van der Waals surface area contributed by atoms with Crippen molar-refractivity contribution in [1.82, 2.24) is 0 Å². The third kappa shape index (κ3) is 3.49. The summed E-state index contributed by atoms with van der Waals surface area (Å²) in [6.07, 6.45) is 2.17. The number of ketones is 1. The van der Waals surface area contributed by atoms with Gasteiger partial charge in [0.25, 0.3) is 0 Å².